The van der Waals surface area contributed by atoms with Crippen LogP contribution in [0.5, 0.6) is 0 Å². The van der Waals surface area contributed by atoms with Gasteiger partial charge in [0.05, 0.1) is 6.10 Å². The molecule has 0 aliphatic rings. The van der Waals surface area contributed by atoms with Crippen molar-refractivity contribution < 1.29 is 5.11 Å². The largest absolute Gasteiger partial charge is 0.392 e. The van der Waals surface area contributed by atoms with Gasteiger partial charge in [0.15, 0.2) is 0 Å². The van der Waals surface area contributed by atoms with Gasteiger partial charge in [-0.25, -0.2) is 4.98 Å². The van der Waals surface area contributed by atoms with Crippen LogP contribution in [0.25, 0.3) is 10.6 Å². The molecule has 0 spiro atoms. The Balaban J connectivity index is 1.97. The fraction of sp³-hybridized carbons (Fsp3) is 0.308. The molecule has 1 aromatic carbocycles. The molecule has 1 atom stereocenters. The Labute approximate surface area is 105 Å². The third kappa shape index (κ3) is 3.63. The summed E-state index contributed by atoms with van der Waals surface area (Å²) in [5.41, 5.74) is 1.15. The Morgan fingerprint density at radius 2 is 2.12 bits per heavy atom. The van der Waals surface area contributed by atoms with Crippen LogP contribution in [-0.4, -0.2) is 22.7 Å². The van der Waals surface area contributed by atoms with Crippen molar-refractivity contribution in [1.82, 2.24) is 10.3 Å². The molecule has 17 heavy (non-hydrogen) atoms. The molecule has 1 aromatic heterocycles. The number of benzene rings is 1. The van der Waals surface area contributed by atoms with Crippen molar-refractivity contribution in [3.05, 3.63) is 41.4 Å². The first kappa shape index (κ1) is 12.2. The van der Waals surface area contributed by atoms with Crippen LogP contribution in [-0.2, 0) is 6.54 Å². The van der Waals surface area contributed by atoms with Crippen LogP contribution in [0.15, 0.2) is 36.5 Å². The van der Waals surface area contributed by atoms with Crippen molar-refractivity contribution in [2.75, 3.05) is 6.54 Å². The van der Waals surface area contributed by atoms with Crippen LogP contribution in [0.3, 0.4) is 0 Å². The second-order valence-corrected chi connectivity index (χ2v) is 5.09. The maximum atomic E-state index is 9.14. The van der Waals surface area contributed by atoms with E-state index in [-0.39, 0.29) is 6.10 Å². The lowest BCUT2D eigenvalue weighted by Crippen LogP contribution is -2.23. The first-order valence-electron chi connectivity index (χ1n) is 5.64. The molecule has 0 aliphatic carbocycles. The molecule has 1 heterocycles. The van der Waals surface area contributed by atoms with Crippen molar-refractivity contribution in [2.45, 2.75) is 19.6 Å². The Kier molecular flexibility index (Phi) is 4.25. The zero-order valence-corrected chi connectivity index (χ0v) is 10.6. The molecule has 0 aliphatic heterocycles. The third-order valence-corrected chi connectivity index (χ3v) is 3.36. The molecule has 3 nitrogen and oxygen atoms in total. The van der Waals surface area contributed by atoms with Crippen molar-refractivity contribution in [3.8, 4) is 10.6 Å². The highest BCUT2D eigenvalue weighted by molar-refractivity contribution is 7.15. The summed E-state index contributed by atoms with van der Waals surface area (Å²) in [6.45, 7) is 3.14. The van der Waals surface area contributed by atoms with E-state index in [0.717, 1.165) is 17.1 Å². The molecule has 0 saturated carbocycles. The molecule has 1 unspecified atom stereocenters. The van der Waals surface area contributed by atoms with Crippen LogP contribution in [0.2, 0.25) is 0 Å². The SMILES string of the molecule is CC(O)CNCc1cnc(-c2ccccc2)s1. The Morgan fingerprint density at radius 3 is 2.82 bits per heavy atom. The fourth-order valence-electron chi connectivity index (χ4n) is 1.51. The minimum Gasteiger partial charge on any atom is -0.392 e. The second-order valence-electron chi connectivity index (χ2n) is 3.98. The van der Waals surface area contributed by atoms with E-state index in [1.807, 2.05) is 24.4 Å². The highest BCUT2D eigenvalue weighted by Gasteiger charge is 2.04. The number of aliphatic hydroxyl groups excluding tert-OH is 1. The van der Waals surface area contributed by atoms with Gasteiger partial charge in [-0.05, 0) is 6.92 Å². The van der Waals surface area contributed by atoms with E-state index in [9.17, 15) is 0 Å². The summed E-state index contributed by atoms with van der Waals surface area (Å²) in [6.07, 6.45) is 1.58. The predicted molar refractivity (Wildman–Crippen MR) is 70.9 cm³/mol. The molecule has 2 rings (SSSR count). The van der Waals surface area contributed by atoms with Gasteiger partial charge in [0.2, 0.25) is 0 Å². The number of aliphatic hydroxyl groups is 1. The Bertz CT molecular complexity index is 453. The molecule has 0 saturated heterocycles. The lowest BCUT2D eigenvalue weighted by atomic mass is 10.2. The van der Waals surface area contributed by atoms with Gasteiger partial charge in [-0.15, -0.1) is 11.3 Å². The quantitative estimate of drug-likeness (QED) is 0.853. The van der Waals surface area contributed by atoms with E-state index in [2.05, 4.69) is 22.4 Å². The van der Waals surface area contributed by atoms with Crippen molar-refractivity contribution in [3.63, 3.8) is 0 Å². The molecule has 4 heteroatoms. The van der Waals surface area contributed by atoms with Crippen molar-refractivity contribution >= 4 is 11.3 Å². The highest BCUT2D eigenvalue weighted by atomic mass is 32.1. The van der Waals surface area contributed by atoms with Crippen molar-refractivity contribution in [1.29, 1.82) is 0 Å². The Hall–Kier alpha value is -1.23. The maximum Gasteiger partial charge on any atom is 0.123 e. The van der Waals surface area contributed by atoms with Gasteiger partial charge in [0.1, 0.15) is 5.01 Å². The lowest BCUT2D eigenvalue weighted by Gasteiger charge is -2.04. The zero-order chi connectivity index (χ0) is 12.1. The number of nitrogens with one attached hydrogen (secondary N) is 1. The summed E-state index contributed by atoms with van der Waals surface area (Å²) >= 11 is 1.68. The Morgan fingerprint density at radius 1 is 1.35 bits per heavy atom. The molecular formula is C13H16N2OS. The summed E-state index contributed by atoms with van der Waals surface area (Å²) in [5, 5.41) is 13.4. The van der Waals surface area contributed by atoms with Crippen LogP contribution in [0.4, 0.5) is 0 Å². The smallest absolute Gasteiger partial charge is 0.123 e. The average molecular weight is 248 g/mol. The van der Waals surface area contributed by atoms with Gasteiger partial charge < -0.3 is 10.4 Å². The normalized spacial score (nSPS) is 12.6. The number of thiazole rings is 1. The van der Waals surface area contributed by atoms with Crippen molar-refractivity contribution in [2.24, 2.45) is 0 Å². The molecule has 2 N–H and O–H groups in total. The average Bonchev–Trinajstić information content (AvgIpc) is 2.78. The summed E-state index contributed by atoms with van der Waals surface area (Å²) in [4.78, 5) is 5.58. The van der Waals surface area contributed by atoms with Gasteiger partial charge in [0.25, 0.3) is 0 Å². The zero-order valence-electron chi connectivity index (χ0n) is 9.76. The molecule has 0 bridgehead atoms. The first-order chi connectivity index (χ1) is 8.25. The van der Waals surface area contributed by atoms with Crippen LogP contribution >= 0.6 is 11.3 Å². The summed E-state index contributed by atoms with van der Waals surface area (Å²) in [6, 6.07) is 10.2. The van der Waals surface area contributed by atoms with E-state index >= 15 is 0 Å². The molecular weight excluding hydrogens is 232 g/mol. The van der Waals surface area contributed by atoms with Crippen LogP contribution in [0, 0.1) is 0 Å². The lowest BCUT2D eigenvalue weighted by molar-refractivity contribution is 0.191. The minimum atomic E-state index is -0.309. The van der Waals surface area contributed by atoms with Gasteiger partial charge in [-0.2, -0.15) is 0 Å². The van der Waals surface area contributed by atoms with Crippen LogP contribution in [0.1, 0.15) is 11.8 Å². The third-order valence-electron chi connectivity index (χ3n) is 2.31. The van der Waals surface area contributed by atoms with E-state index in [0.29, 0.717) is 6.54 Å². The predicted octanol–water partition coefficient (Wildman–Crippen LogP) is 2.28. The number of hydrogen-bond acceptors (Lipinski definition) is 4. The van der Waals surface area contributed by atoms with Gasteiger partial charge >= 0.3 is 0 Å². The minimum absolute atomic E-state index is 0.309. The molecule has 2 aromatic rings. The van der Waals surface area contributed by atoms with Gasteiger partial charge in [-0.3, -0.25) is 0 Å². The topological polar surface area (TPSA) is 45.1 Å². The molecule has 0 amide bonds. The van der Waals surface area contributed by atoms with Gasteiger partial charge in [-0.1, -0.05) is 30.3 Å². The second kappa shape index (κ2) is 5.91. The maximum absolute atomic E-state index is 9.14. The standard InChI is InChI=1S/C13H16N2OS/c1-10(16)7-14-8-12-9-15-13(17-12)11-5-3-2-4-6-11/h2-6,9-10,14,16H,7-8H2,1H3. The number of aromatic nitrogens is 1. The first-order valence-corrected chi connectivity index (χ1v) is 6.46. The summed E-state index contributed by atoms with van der Waals surface area (Å²) in [7, 11) is 0. The summed E-state index contributed by atoms with van der Waals surface area (Å²) in [5.74, 6) is 0. The molecule has 0 radical (unpaired) electrons. The highest BCUT2D eigenvalue weighted by Crippen LogP contribution is 2.24. The fourth-order valence-corrected chi connectivity index (χ4v) is 2.40. The molecule has 0 fully saturated rings. The number of rotatable bonds is 5. The van der Waals surface area contributed by atoms with E-state index < -0.39 is 0 Å². The number of nitrogens with zero attached hydrogens (tertiary/aromatic N) is 1. The van der Waals surface area contributed by atoms with E-state index in [1.54, 1.807) is 18.3 Å². The van der Waals surface area contributed by atoms with E-state index in [1.165, 1.54) is 4.88 Å². The monoisotopic (exact) mass is 248 g/mol. The summed E-state index contributed by atoms with van der Waals surface area (Å²) < 4.78 is 0. The van der Waals surface area contributed by atoms with Crippen LogP contribution < -0.4 is 5.32 Å². The van der Waals surface area contributed by atoms with E-state index in [4.69, 9.17) is 5.11 Å². The van der Waals surface area contributed by atoms with Gasteiger partial charge in [0, 0.05) is 29.7 Å². The number of hydrogen-bond donors (Lipinski definition) is 2. The molecule has 90 valence electrons.